The van der Waals surface area contributed by atoms with Crippen molar-refractivity contribution in [3.63, 3.8) is 0 Å². The first-order valence-corrected chi connectivity index (χ1v) is 10.8. The van der Waals surface area contributed by atoms with Gasteiger partial charge in [0.05, 0.1) is 17.6 Å². The first-order valence-electron chi connectivity index (χ1n) is 8.99. The lowest BCUT2D eigenvalue weighted by Gasteiger charge is -2.18. The summed E-state index contributed by atoms with van der Waals surface area (Å²) in [5.74, 6) is -3.90. The molecule has 0 spiro atoms. The molecule has 32 heavy (non-hydrogen) atoms. The zero-order valence-corrected chi connectivity index (χ0v) is 17.2. The Bertz CT molecular complexity index is 1180. The molecule has 0 aliphatic rings. The molecule has 2 aromatic rings. The first-order chi connectivity index (χ1) is 15.1. The molecule has 0 saturated heterocycles. The van der Waals surface area contributed by atoms with E-state index in [-0.39, 0.29) is 17.0 Å². The molecule has 0 fully saturated rings. The predicted octanol–water partition coefficient (Wildman–Crippen LogP) is 0.329. The van der Waals surface area contributed by atoms with E-state index < -0.39 is 57.9 Å². The highest BCUT2D eigenvalue weighted by Crippen LogP contribution is 2.23. The second-order valence-corrected chi connectivity index (χ2v) is 8.48. The Balaban J connectivity index is 2.24. The summed E-state index contributed by atoms with van der Waals surface area (Å²) in [6, 6.07) is 8.94. The van der Waals surface area contributed by atoms with E-state index in [0.29, 0.717) is 0 Å². The first kappa shape index (κ1) is 24.5. The number of hydrogen-bond donors (Lipinski definition) is 3. The van der Waals surface area contributed by atoms with Crippen molar-refractivity contribution in [3.05, 3.63) is 64.1 Å². The molecule has 1 aromatic heterocycles. The molecule has 170 valence electrons. The van der Waals surface area contributed by atoms with Gasteiger partial charge in [-0.25, -0.2) is 8.42 Å². The number of benzene rings is 1. The van der Waals surface area contributed by atoms with Crippen LogP contribution in [0.15, 0.2) is 47.3 Å². The van der Waals surface area contributed by atoms with Crippen molar-refractivity contribution in [1.82, 2.24) is 15.6 Å². The normalized spacial score (nSPS) is 11.9. The van der Waals surface area contributed by atoms with Crippen molar-refractivity contribution < 1.29 is 31.5 Å². The summed E-state index contributed by atoms with van der Waals surface area (Å²) in [6.45, 7) is -3.62. The van der Waals surface area contributed by atoms with Crippen LogP contribution in [0.25, 0.3) is 0 Å². The van der Waals surface area contributed by atoms with Gasteiger partial charge < -0.3 is 20.4 Å². The van der Waals surface area contributed by atoms with E-state index in [1.165, 1.54) is 36.4 Å². The molecule has 1 heterocycles. The summed E-state index contributed by atoms with van der Waals surface area (Å²) in [7, 11) is -4.15. The van der Waals surface area contributed by atoms with E-state index in [0.717, 1.165) is 6.07 Å². The molecule has 10 nitrogen and oxygen atoms in total. The van der Waals surface area contributed by atoms with Gasteiger partial charge in [0.25, 0.3) is 5.91 Å². The summed E-state index contributed by atoms with van der Waals surface area (Å²) in [5.41, 5.74) is -0.877. The molecule has 13 heteroatoms. The standard InChI is InChI=1S/C19H18F2N4O6S/c20-19(21)31-15-6-2-1-4-12(15)10-32(29,30)11-14(17(27)23-9-8-22)25-18(28)13-5-3-7-16(26)24-13/h1-7,14,19H,9-11H2,(H,23,27)(H,24,26)(H,25,28)/t14-/m0/s1. The van der Waals surface area contributed by atoms with Crippen molar-refractivity contribution in [2.45, 2.75) is 18.4 Å². The highest BCUT2D eigenvalue weighted by atomic mass is 32.2. The predicted molar refractivity (Wildman–Crippen MR) is 108 cm³/mol. The van der Waals surface area contributed by atoms with Crippen LogP contribution in [0.3, 0.4) is 0 Å². The second kappa shape index (κ2) is 11.0. The largest absolute Gasteiger partial charge is 0.435 e. The zero-order valence-electron chi connectivity index (χ0n) is 16.4. The minimum absolute atomic E-state index is 0.0669. The number of halogens is 2. The smallest absolute Gasteiger partial charge is 0.387 e. The average molecular weight is 468 g/mol. The number of sulfone groups is 1. The molecule has 1 aromatic carbocycles. The van der Waals surface area contributed by atoms with Crippen LogP contribution in [0.4, 0.5) is 8.78 Å². The monoisotopic (exact) mass is 468 g/mol. The Labute approximate surface area is 181 Å². The van der Waals surface area contributed by atoms with Crippen molar-refractivity contribution >= 4 is 21.7 Å². The van der Waals surface area contributed by atoms with Crippen LogP contribution in [0.5, 0.6) is 5.75 Å². The number of nitriles is 1. The molecular formula is C19H18F2N4O6S. The number of carbonyl (C=O) groups excluding carboxylic acids is 2. The fourth-order valence-corrected chi connectivity index (χ4v) is 4.21. The van der Waals surface area contributed by atoms with Crippen LogP contribution in [-0.2, 0) is 20.4 Å². The molecule has 0 aliphatic carbocycles. The number of rotatable bonds is 10. The van der Waals surface area contributed by atoms with E-state index in [4.69, 9.17) is 5.26 Å². The maximum atomic E-state index is 12.7. The van der Waals surface area contributed by atoms with Gasteiger partial charge in [0.2, 0.25) is 11.5 Å². The van der Waals surface area contributed by atoms with E-state index in [1.807, 2.05) is 0 Å². The number of aromatic nitrogens is 1. The van der Waals surface area contributed by atoms with Gasteiger partial charge >= 0.3 is 6.61 Å². The van der Waals surface area contributed by atoms with Gasteiger partial charge in [0.15, 0.2) is 9.84 Å². The summed E-state index contributed by atoms with van der Waals surface area (Å²) >= 11 is 0. The number of hydrogen-bond acceptors (Lipinski definition) is 7. The lowest BCUT2D eigenvalue weighted by molar-refractivity contribution is -0.122. The van der Waals surface area contributed by atoms with Crippen molar-refractivity contribution in [2.24, 2.45) is 0 Å². The van der Waals surface area contributed by atoms with E-state index in [2.05, 4.69) is 20.4 Å². The number of carbonyl (C=O) groups is 2. The van der Waals surface area contributed by atoms with Gasteiger partial charge in [-0.15, -0.1) is 0 Å². The number of amides is 2. The number of H-pyrrole nitrogens is 1. The van der Waals surface area contributed by atoms with Crippen molar-refractivity contribution in [3.8, 4) is 11.8 Å². The highest BCUT2D eigenvalue weighted by molar-refractivity contribution is 7.90. The number of alkyl halides is 2. The number of para-hydroxylation sites is 1. The second-order valence-electron chi connectivity index (χ2n) is 6.37. The van der Waals surface area contributed by atoms with Gasteiger partial charge in [-0.1, -0.05) is 24.3 Å². The number of aromatic amines is 1. The minimum atomic E-state index is -4.15. The Morgan fingerprint density at radius 2 is 1.88 bits per heavy atom. The van der Waals surface area contributed by atoms with Gasteiger partial charge in [-0.2, -0.15) is 14.0 Å². The Morgan fingerprint density at radius 3 is 2.53 bits per heavy atom. The molecule has 0 saturated carbocycles. The number of nitrogens with one attached hydrogen (secondary N) is 3. The van der Waals surface area contributed by atoms with Crippen LogP contribution in [0.1, 0.15) is 16.1 Å². The fraction of sp³-hybridized carbons (Fsp3) is 0.263. The Hall–Kier alpha value is -3.79. The number of nitrogens with zero attached hydrogens (tertiary/aromatic N) is 1. The number of pyridine rings is 1. The van der Waals surface area contributed by atoms with Crippen molar-refractivity contribution in [2.75, 3.05) is 12.3 Å². The molecule has 0 aliphatic heterocycles. The molecule has 0 unspecified atom stereocenters. The van der Waals surface area contributed by atoms with Crippen LogP contribution < -0.4 is 20.9 Å². The SMILES string of the molecule is N#CCNC(=O)[C@H](CS(=O)(=O)Cc1ccccc1OC(F)F)NC(=O)c1cccc(=O)[nH]1. The number of ether oxygens (including phenoxy) is 1. The van der Waals surface area contributed by atoms with Crippen LogP contribution in [0, 0.1) is 11.3 Å². The average Bonchev–Trinajstić information content (AvgIpc) is 2.72. The van der Waals surface area contributed by atoms with Gasteiger partial charge in [0.1, 0.15) is 24.0 Å². The maximum Gasteiger partial charge on any atom is 0.387 e. The third kappa shape index (κ3) is 7.47. The third-order valence-electron chi connectivity index (χ3n) is 3.96. The molecule has 3 N–H and O–H groups in total. The summed E-state index contributed by atoms with van der Waals surface area (Å²) in [5, 5.41) is 13.0. The van der Waals surface area contributed by atoms with Gasteiger partial charge in [0, 0.05) is 11.6 Å². The topological polar surface area (TPSA) is 158 Å². The van der Waals surface area contributed by atoms with Crippen LogP contribution >= 0.6 is 0 Å². The quantitative estimate of drug-likeness (QED) is 0.424. The molecular weight excluding hydrogens is 450 g/mol. The van der Waals surface area contributed by atoms with Crippen LogP contribution in [0.2, 0.25) is 0 Å². The van der Waals surface area contributed by atoms with E-state index >= 15 is 0 Å². The van der Waals surface area contributed by atoms with E-state index in [1.54, 1.807) is 6.07 Å². The lowest BCUT2D eigenvalue weighted by atomic mass is 10.2. The summed E-state index contributed by atoms with van der Waals surface area (Å²) < 4.78 is 54.9. The molecule has 2 rings (SSSR count). The molecule has 1 atom stereocenters. The van der Waals surface area contributed by atoms with E-state index in [9.17, 15) is 31.6 Å². The summed E-state index contributed by atoms with van der Waals surface area (Å²) in [6.07, 6.45) is 0. The molecule has 0 radical (unpaired) electrons. The lowest BCUT2D eigenvalue weighted by Crippen LogP contribution is -2.50. The third-order valence-corrected chi connectivity index (χ3v) is 5.55. The maximum absolute atomic E-state index is 12.7. The Kier molecular flexibility index (Phi) is 8.42. The Morgan fingerprint density at radius 1 is 1.16 bits per heavy atom. The van der Waals surface area contributed by atoms with Gasteiger partial charge in [-0.05, 0) is 12.1 Å². The minimum Gasteiger partial charge on any atom is -0.435 e. The molecule has 0 bridgehead atoms. The fourth-order valence-electron chi connectivity index (χ4n) is 2.63. The summed E-state index contributed by atoms with van der Waals surface area (Å²) in [4.78, 5) is 38.3. The molecule has 2 amide bonds. The van der Waals surface area contributed by atoms with Crippen molar-refractivity contribution in [1.29, 1.82) is 5.26 Å². The highest BCUT2D eigenvalue weighted by Gasteiger charge is 2.29. The van der Waals surface area contributed by atoms with Gasteiger partial charge in [-0.3, -0.25) is 14.4 Å². The zero-order chi connectivity index (χ0) is 23.7. The van der Waals surface area contributed by atoms with Crippen LogP contribution in [-0.4, -0.2) is 50.2 Å².